The lowest BCUT2D eigenvalue weighted by molar-refractivity contribution is 0.0638. The van der Waals surface area contributed by atoms with E-state index in [9.17, 15) is 13.5 Å². The number of rotatable bonds is 3. The van der Waals surface area contributed by atoms with Gasteiger partial charge in [0.25, 0.3) is 0 Å². The molecule has 2 rings (SSSR count). The summed E-state index contributed by atoms with van der Waals surface area (Å²) in [4.78, 5) is 0.179. The predicted molar refractivity (Wildman–Crippen MR) is 81.8 cm³/mol. The summed E-state index contributed by atoms with van der Waals surface area (Å²) >= 11 is 3.24. The van der Waals surface area contributed by atoms with Crippen LogP contribution in [0.4, 0.5) is 5.69 Å². The van der Waals surface area contributed by atoms with Crippen LogP contribution in [-0.2, 0) is 10.0 Å². The molecule has 112 valence electrons. The second kappa shape index (κ2) is 6.01. The van der Waals surface area contributed by atoms with Crippen LogP contribution in [0.5, 0.6) is 0 Å². The van der Waals surface area contributed by atoms with E-state index in [2.05, 4.69) is 15.9 Å². The van der Waals surface area contributed by atoms with E-state index in [0.717, 1.165) is 12.8 Å². The highest BCUT2D eigenvalue weighted by atomic mass is 79.9. The Bertz CT molecular complexity index is 591. The van der Waals surface area contributed by atoms with Crippen molar-refractivity contribution >= 4 is 31.6 Å². The first-order chi connectivity index (χ1) is 9.34. The molecule has 2 unspecified atom stereocenters. The van der Waals surface area contributed by atoms with Crippen molar-refractivity contribution in [2.45, 2.75) is 42.7 Å². The molecular weight excluding hydrogens is 344 g/mol. The van der Waals surface area contributed by atoms with Gasteiger partial charge < -0.3 is 10.8 Å². The third-order valence-electron chi connectivity index (χ3n) is 3.81. The number of nitrogen functional groups attached to an aromatic ring is 1. The number of benzene rings is 1. The number of hydrogen-bond donors (Lipinski definition) is 2. The molecule has 1 aliphatic carbocycles. The van der Waals surface area contributed by atoms with Gasteiger partial charge in [-0.3, -0.25) is 0 Å². The highest BCUT2D eigenvalue weighted by molar-refractivity contribution is 9.10. The Hall–Kier alpha value is -0.630. The van der Waals surface area contributed by atoms with Gasteiger partial charge in [0.2, 0.25) is 10.0 Å². The molecule has 1 aromatic carbocycles. The summed E-state index contributed by atoms with van der Waals surface area (Å²) in [5.74, 6) is 0. The standard InChI is InChI=1S/C13H19BrN2O3S/c1-16(12-4-2-3-5-13(12)17)20(18,19)9-6-7-11(15)10(14)8-9/h6-8,12-13,17H,2-5,15H2,1H3. The van der Waals surface area contributed by atoms with E-state index in [4.69, 9.17) is 5.73 Å². The third-order valence-corrected chi connectivity index (χ3v) is 6.38. The fourth-order valence-corrected chi connectivity index (χ4v) is 4.50. The number of nitrogens with two attached hydrogens (primary N) is 1. The summed E-state index contributed by atoms with van der Waals surface area (Å²) in [7, 11) is -2.10. The first-order valence-corrected chi connectivity index (χ1v) is 8.78. The summed E-state index contributed by atoms with van der Waals surface area (Å²) in [5, 5.41) is 10.0. The van der Waals surface area contributed by atoms with E-state index in [1.165, 1.54) is 23.5 Å². The molecule has 5 nitrogen and oxygen atoms in total. The van der Waals surface area contributed by atoms with Crippen LogP contribution >= 0.6 is 15.9 Å². The Morgan fingerprint density at radius 2 is 2.00 bits per heavy atom. The van der Waals surface area contributed by atoms with E-state index in [-0.39, 0.29) is 10.9 Å². The van der Waals surface area contributed by atoms with Crippen molar-refractivity contribution in [3.05, 3.63) is 22.7 Å². The molecule has 3 N–H and O–H groups in total. The number of anilines is 1. The summed E-state index contributed by atoms with van der Waals surface area (Å²) in [6.45, 7) is 0. The maximum absolute atomic E-state index is 12.6. The van der Waals surface area contributed by atoms with Gasteiger partial charge in [-0.25, -0.2) is 8.42 Å². The predicted octanol–water partition coefficient (Wildman–Crippen LogP) is 1.96. The van der Waals surface area contributed by atoms with Crippen LogP contribution < -0.4 is 5.73 Å². The minimum Gasteiger partial charge on any atom is -0.398 e. The molecule has 0 bridgehead atoms. The quantitative estimate of drug-likeness (QED) is 0.805. The molecule has 0 spiro atoms. The Morgan fingerprint density at radius 3 is 2.60 bits per heavy atom. The van der Waals surface area contributed by atoms with Crippen molar-refractivity contribution in [2.24, 2.45) is 0 Å². The largest absolute Gasteiger partial charge is 0.398 e. The van der Waals surface area contributed by atoms with E-state index in [1.807, 2.05) is 0 Å². The minimum absolute atomic E-state index is 0.179. The highest BCUT2D eigenvalue weighted by Crippen LogP contribution is 2.29. The van der Waals surface area contributed by atoms with Crippen LogP contribution in [0.3, 0.4) is 0 Å². The van der Waals surface area contributed by atoms with E-state index in [1.54, 1.807) is 6.07 Å². The number of aliphatic hydroxyl groups is 1. The van der Waals surface area contributed by atoms with E-state index < -0.39 is 16.1 Å². The molecule has 0 radical (unpaired) electrons. The van der Waals surface area contributed by atoms with Gasteiger partial charge in [-0.05, 0) is 47.0 Å². The number of likely N-dealkylation sites (N-methyl/N-ethyl adjacent to an activating group) is 1. The van der Waals surface area contributed by atoms with Crippen molar-refractivity contribution in [1.82, 2.24) is 4.31 Å². The van der Waals surface area contributed by atoms with Gasteiger partial charge in [-0.15, -0.1) is 0 Å². The zero-order chi connectivity index (χ0) is 14.9. The smallest absolute Gasteiger partial charge is 0.243 e. The van der Waals surface area contributed by atoms with Gasteiger partial charge in [0.1, 0.15) is 0 Å². The molecule has 1 aliphatic rings. The Morgan fingerprint density at radius 1 is 1.35 bits per heavy atom. The molecule has 0 saturated heterocycles. The second-order valence-electron chi connectivity index (χ2n) is 5.12. The summed E-state index contributed by atoms with van der Waals surface area (Å²) in [6, 6.07) is 4.18. The summed E-state index contributed by atoms with van der Waals surface area (Å²) in [6.07, 6.45) is 2.62. The number of aliphatic hydroxyl groups excluding tert-OH is 1. The molecule has 0 aliphatic heterocycles. The molecule has 1 fully saturated rings. The van der Waals surface area contributed by atoms with Gasteiger partial charge in [0.15, 0.2) is 0 Å². The molecule has 0 heterocycles. The van der Waals surface area contributed by atoms with Crippen molar-refractivity contribution < 1.29 is 13.5 Å². The van der Waals surface area contributed by atoms with Gasteiger partial charge >= 0.3 is 0 Å². The maximum Gasteiger partial charge on any atom is 0.243 e. The molecule has 0 aromatic heterocycles. The van der Waals surface area contributed by atoms with Crippen molar-refractivity contribution in [3.8, 4) is 0 Å². The monoisotopic (exact) mass is 362 g/mol. The lowest BCUT2D eigenvalue weighted by Crippen LogP contribution is -2.46. The van der Waals surface area contributed by atoms with Gasteiger partial charge in [0.05, 0.1) is 17.0 Å². The van der Waals surface area contributed by atoms with Crippen LogP contribution in [0, 0.1) is 0 Å². The number of nitrogens with zero attached hydrogens (tertiary/aromatic N) is 1. The van der Waals surface area contributed by atoms with Crippen LogP contribution in [0.25, 0.3) is 0 Å². The SMILES string of the molecule is CN(C1CCCCC1O)S(=O)(=O)c1ccc(N)c(Br)c1. The van der Waals surface area contributed by atoms with E-state index >= 15 is 0 Å². The van der Waals surface area contributed by atoms with Crippen LogP contribution in [0.2, 0.25) is 0 Å². The van der Waals surface area contributed by atoms with Crippen molar-refractivity contribution in [1.29, 1.82) is 0 Å². The average molecular weight is 363 g/mol. The Labute approximate surface area is 128 Å². The maximum atomic E-state index is 12.6. The fraction of sp³-hybridized carbons (Fsp3) is 0.538. The molecule has 0 amide bonds. The average Bonchev–Trinajstić information content (AvgIpc) is 2.41. The topological polar surface area (TPSA) is 83.6 Å². The Kier molecular flexibility index (Phi) is 4.73. The van der Waals surface area contributed by atoms with Crippen LogP contribution in [-0.4, -0.2) is 37.0 Å². The highest BCUT2D eigenvalue weighted by Gasteiger charge is 2.34. The van der Waals surface area contributed by atoms with Crippen LogP contribution in [0.1, 0.15) is 25.7 Å². The minimum atomic E-state index is -3.62. The second-order valence-corrected chi connectivity index (χ2v) is 7.98. The fourth-order valence-electron chi connectivity index (χ4n) is 2.53. The Balaban J connectivity index is 2.31. The van der Waals surface area contributed by atoms with E-state index in [0.29, 0.717) is 23.0 Å². The first-order valence-electron chi connectivity index (χ1n) is 6.55. The van der Waals surface area contributed by atoms with Gasteiger partial charge in [-0.1, -0.05) is 12.8 Å². The normalized spacial score (nSPS) is 24.0. The zero-order valence-electron chi connectivity index (χ0n) is 11.3. The number of sulfonamides is 1. The molecule has 1 aromatic rings. The molecule has 1 saturated carbocycles. The molecule has 7 heteroatoms. The lowest BCUT2D eigenvalue weighted by atomic mass is 9.93. The summed E-state index contributed by atoms with van der Waals surface area (Å²) < 4.78 is 27.0. The van der Waals surface area contributed by atoms with Gasteiger partial charge in [-0.2, -0.15) is 4.31 Å². The third kappa shape index (κ3) is 3.00. The first kappa shape index (κ1) is 15.8. The zero-order valence-corrected chi connectivity index (χ0v) is 13.7. The van der Waals surface area contributed by atoms with Crippen LogP contribution in [0.15, 0.2) is 27.6 Å². The number of halogens is 1. The molecule has 20 heavy (non-hydrogen) atoms. The molecular formula is C13H19BrN2O3S. The van der Waals surface area contributed by atoms with Crippen molar-refractivity contribution in [3.63, 3.8) is 0 Å². The summed E-state index contributed by atoms with van der Waals surface area (Å²) in [5.41, 5.74) is 6.17. The van der Waals surface area contributed by atoms with Gasteiger partial charge in [0, 0.05) is 17.2 Å². The number of hydrogen-bond acceptors (Lipinski definition) is 4. The van der Waals surface area contributed by atoms with Crippen molar-refractivity contribution in [2.75, 3.05) is 12.8 Å². The lowest BCUT2D eigenvalue weighted by Gasteiger charge is -2.34. The molecule has 2 atom stereocenters.